The molecule has 0 atom stereocenters. The normalized spacial score (nSPS) is 14.2. The van der Waals surface area contributed by atoms with Crippen LogP contribution in [0.25, 0.3) is 11.1 Å². The number of carbonyl (C=O) groups is 2. The molecule has 0 aliphatic carbocycles. The first-order valence-corrected chi connectivity index (χ1v) is 13.3. The maximum atomic E-state index is 13.5. The topological polar surface area (TPSA) is 74.8 Å². The molecule has 1 fully saturated rings. The monoisotopic (exact) mass is 514 g/mol. The number of amides is 1. The molecule has 0 bridgehead atoms. The maximum Gasteiger partial charge on any atom is 0.254 e. The van der Waals surface area contributed by atoms with E-state index in [9.17, 15) is 22.4 Å². The molecule has 9 heteroatoms. The van der Waals surface area contributed by atoms with Gasteiger partial charge in [-0.05, 0) is 60.5 Å². The first-order chi connectivity index (χ1) is 16.5. The number of benzene rings is 3. The number of Topliss-reactive ketones (excluding diaryl/α,β-unsaturated/α-hetero) is 1. The highest BCUT2D eigenvalue weighted by Crippen LogP contribution is 2.29. The van der Waals surface area contributed by atoms with Crippen LogP contribution in [0.1, 0.15) is 27.6 Å². The Morgan fingerprint density at radius 1 is 0.886 bits per heavy atom. The molecule has 1 aliphatic rings. The van der Waals surface area contributed by atoms with Crippen molar-refractivity contribution in [2.24, 2.45) is 0 Å². The van der Waals surface area contributed by atoms with Gasteiger partial charge in [0.2, 0.25) is 0 Å². The molecule has 1 heterocycles. The third kappa shape index (κ3) is 5.39. The van der Waals surface area contributed by atoms with E-state index in [1.165, 1.54) is 31.2 Å². The van der Waals surface area contributed by atoms with E-state index in [2.05, 4.69) is 4.90 Å². The second-order valence-electron chi connectivity index (χ2n) is 8.49. The van der Waals surface area contributed by atoms with Gasteiger partial charge in [0, 0.05) is 49.2 Å². The van der Waals surface area contributed by atoms with Crippen LogP contribution in [0.3, 0.4) is 0 Å². The summed E-state index contributed by atoms with van der Waals surface area (Å²) in [5.41, 5.74) is 2.73. The van der Waals surface area contributed by atoms with Gasteiger partial charge in [-0.25, -0.2) is 12.8 Å². The molecule has 35 heavy (non-hydrogen) atoms. The molecule has 3 aromatic rings. The lowest BCUT2D eigenvalue weighted by Gasteiger charge is -2.36. The zero-order chi connectivity index (χ0) is 25.3. The van der Waals surface area contributed by atoms with Crippen LogP contribution in [-0.2, 0) is 9.84 Å². The molecule has 0 unspecified atom stereocenters. The Kier molecular flexibility index (Phi) is 6.96. The summed E-state index contributed by atoms with van der Waals surface area (Å²) < 4.78 is 37.8. The minimum atomic E-state index is -3.53. The van der Waals surface area contributed by atoms with Crippen molar-refractivity contribution in [3.05, 3.63) is 82.6 Å². The Morgan fingerprint density at radius 3 is 2.11 bits per heavy atom. The van der Waals surface area contributed by atoms with Crippen molar-refractivity contribution in [3.63, 3.8) is 0 Å². The third-order valence-electron chi connectivity index (χ3n) is 6.07. The van der Waals surface area contributed by atoms with Gasteiger partial charge in [0.25, 0.3) is 5.91 Å². The van der Waals surface area contributed by atoms with Crippen LogP contribution >= 0.6 is 11.6 Å². The summed E-state index contributed by atoms with van der Waals surface area (Å²) in [6, 6.07) is 15.4. The molecule has 0 N–H and O–H groups in total. The summed E-state index contributed by atoms with van der Waals surface area (Å²) in [4.78, 5) is 29.0. The second-order valence-corrected chi connectivity index (χ2v) is 10.9. The standard InChI is InChI=1S/C26H24ClFN2O4S/c1-17(31)22-9-7-20(15-25(22)27)29-11-13-30(14-12-29)26(32)24-16-21(35(2,33)34)8-10-23(24)18-3-5-19(28)6-4-18/h3-10,15-16H,11-14H2,1-2H3. The largest absolute Gasteiger partial charge is 0.368 e. The van der Waals surface area contributed by atoms with Gasteiger partial charge in [-0.3, -0.25) is 9.59 Å². The van der Waals surface area contributed by atoms with Crippen LogP contribution in [0, 0.1) is 5.82 Å². The number of hydrogen-bond donors (Lipinski definition) is 0. The van der Waals surface area contributed by atoms with Crippen molar-refractivity contribution in [1.29, 1.82) is 0 Å². The van der Waals surface area contributed by atoms with Gasteiger partial charge >= 0.3 is 0 Å². The molecule has 3 aromatic carbocycles. The van der Waals surface area contributed by atoms with E-state index in [1.807, 2.05) is 6.07 Å². The Bertz CT molecular complexity index is 1400. The lowest BCUT2D eigenvalue weighted by molar-refractivity contribution is 0.0747. The maximum absolute atomic E-state index is 13.5. The van der Waals surface area contributed by atoms with Crippen molar-refractivity contribution in [2.75, 3.05) is 37.3 Å². The van der Waals surface area contributed by atoms with Crippen molar-refractivity contribution >= 4 is 38.8 Å². The molecule has 4 rings (SSSR count). The molecule has 1 saturated heterocycles. The number of sulfone groups is 1. The van der Waals surface area contributed by atoms with E-state index in [-0.39, 0.29) is 22.1 Å². The van der Waals surface area contributed by atoms with Gasteiger partial charge < -0.3 is 9.80 Å². The van der Waals surface area contributed by atoms with Crippen molar-refractivity contribution in [3.8, 4) is 11.1 Å². The molecule has 1 amide bonds. The summed E-state index contributed by atoms with van der Waals surface area (Å²) in [6.07, 6.45) is 1.09. The molecule has 1 aliphatic heterocycles. The number of anilines is 1. The highest BCUT2D eigenvalue weighted by molar-refractivity contribution is 7.90. The smallest absolute Gasteiger partial charge is 0.254 e. The molecule has 0 aromatic heterocycles. The Balaban J connectivity index is 1.59. The highest BCUT2D eigenvalue weighted by Gasteiger charge is 2.26. The summed E-state index contributed by atoms with van der Waals surface area (Å²) in [7, 11) is -3.53. The molecular weight excluding hydrogens is 491 g/mol. The zero-order valence-corrected chi connectivity index (χ0v) is 20.9. The van der Waals surface area contributed by atoms with E-state index in [4.69, 9.17) is 11.6 Å². The van der Waals surface area contributed by atoms with Gasteiger partial charge in [0.15, 0.2) is 15.6 Å². The summed E-state index contributed by atoms with van der Waals surface area (Å²) in [5.74, 6) is -0.799. The predicted molar refractivity (Wildman–Crippen MR) is 135 cm³/mol. The fourth-order valence-corrected chi connectivity index (χ4v) is 5.09. The SMILES string of the molecule is CC(=O)c1ccc(N2CCN(C(=O)c3cc(S(C)(=O)=O)ccc3-c3ccc(F)cc3)CC2)cc1Cl. The molecule has 6 nitrogen and oxygen atoms in total. The Hall–Kier alpha value is -3.23. The number of halogens is 2. The third-order valence-corrected chi connectivity index (χ3v) is 7.49. The quantitative estimate of drug-likeness (QED) is 0.461. The van der Waals surface area contributed by atoms with Gasteiger partial charge in [-0.1, -0.05) is 29.8 Å². The van der Waals surface area contributed by atoms with E-state index in [0.29, 0.717) is 47.9 Å². The van der Waals surface area contributed by atoms with Crippen LogP contribution in [0.4, 0.5) is 10.1 Å². The van der Waals surface area contributed by atoms with Crippen LogP contribution in [0.15, 0.2) is 65.6 Å². The minimum absolute atomic E-state index is 0.0468. The Labute approximate surface area is 208 Å². The van der Waals surface area contributed by atoms with Gasteiger partial charge in [-0.15, -0.1) is 0 Å². The average Bonchev–Trinajstić information content (AvgIpc) is 2.83. The average molecular weight is 515 g/mol. The van der Waals surface area contributed by atoms with E-state index in [0.717, 1.165) is 11.9 Å². The van der Waals surface area contributed by atoms with Crippen molar-refractivity contribution < 1.29 is 22.4 Å². The van der Waals surface area contributed by atoms with Crippen molar-refractivity contribution in [2.45, 2.75) is 11.8 Å². The summed E-state index contributed by atoms with van der Waals surface area (Å²) in [6.45, 7) is 3.37. The fourth-order valence-electron chi connectivity index (χ4n) is 4.14. The first-order valence-electron chi connectivity index (χ1n) is 11.0. The highest BCUT2D eigenvalue weighted by atomic mass is 35.5. The van der Waals surface area contributed by atoms with Crippen molar-refractivity contribution in [1.82, 2.24) is 4.90 Å². The summed E-state index contributed by atoms with van der Waals surface area (Å²) in [5, 5.41) is 0.384. The fraction of sp³-hybridized carbons (Fsp3) is 0.231. The predicted octanol–water partition coefficient (Wildman–Crippen LogP) is 4.71. The molecule has 0 saturated carbocycles. The number of nitrogens with zero attached hydrogens (tertiary/aromatic N) is 2. The summed E-state index contributed by atoms with van der Waals surface area (Å²) >= 11 is 6.26. The van der Waals surface area contributed by atoms with Gasteiger partial charge in [0.1, 0.15) is 5.82 Å². The minimum Gasteiger partial charge on any atom is -0.368 e. The number of ketones is 1. The number of rotatable bonds is 5. The molecule has 0 spiro atoms. The van der Waals surface area contributed by atoms with Crippen LogP contribution < -0.4 is 4.90 Å². The molecule has 182 valence electrons. The van der Waals surface area contributed by atoms with Gasteiger partial charge in [0.05, 0.1) is 9.92 Å². The van der Waals surface area contributed by atoms with Crippen LogP contribution in [-0.4, -0.2) is 57.4 Å². The lowest BCUT2D eigenvalue weighted by atomic mass is 9.98. The molecule has 0 radical (unpaired) electrons. The van der Waals surface area contributed by atoms with E-state index in [1.54, 1.807) is 35.2 Å². The van der Waals surface area contributed by atoms with Crippen LogP contribution in [0.5, 0.6) is 0 Å². The Morgan fingerprint density at radius 2 is 1.54 bits per heavy atom. The van der Waals surface area contributed by atoms with E-state index >= 15 is 0 Å². The zero-order valence-electron chi connectivity index (χ0n) is 19.3. The lowest BCUT2D eigenvalue weighted by Crippen LogP contribution is -2.49. The first kappa shape index (κ1) is 24.9. The van der Waals surface area contributed by atoms with E-state index < -0.39 is 15.7 Å². The van der Waals surface area contributed by atoms with Gasteiger partial charge in [-0.2, -0.15) is 0 Å². The number of carbonyl (C=O) groups excluding carboxylic acids is 2. The second kappa shape index (κ2) is 9.79. The number of piperazine rings is 1. The van der Waals surface area contributed by atoms with Crippen LogP contribution in [0.2, 0.25) is 5.02 Å². The molecular formula is C26H24ClFN2O4S. The number of hydrogen-bond acceptors (Lipinski definition) is 5.